The molecule has 3 aromatic rings. The molecule has 144 valence electrons. The van der Waals surface area contributed by atoms with E-state index in [0.29, 0.717) is 28.3 Å². The minimum absolute atomic E-state index is 0.0861. The number of alkyl halides is 2. The number of nitrogens with one attached hydrogen (secondary N) is 1. The number of benzene rings is 3. The van der Waals surface area contributed by atoms with E-state index in [2.05, 4.69) is 10.1 Å². The molecule has 28 heavy (non-hydrogen) atoms. The fourth-order valence-electron chi connectivity index (χ4n) is 2.84. The van der Waals surface area contributed by atoms with E-state index in [-0.39, 0.29) is 18.1 Å². The maximum atomic E-state index is 12.7. The predicted molar refractivity (Wildman–Crippen MR) is 106 cm³/mol. The number of ether oxygens (including phenoxy) is 1. The lowest BCUT2D eigenvalue weighted by molar-refractivity contribution is -0.115. The van der Waals surface area contributed by atoms with E-state index in [1.807, 2.05) is 36.4 Å². The van der Waals surface area contributed by atoms with Gasteiger partial charge in [-0.2, -0.15) is 8.78 Å². The number of halogens is 3. The first kappa shape index (κ1) is 19.8. The standard InChI is InChI=1S/C22H18ClF2NO2/c23-19-9-5-4-8-16(19)14-21(27)26-18-10-11-20(28-22(24)25)17(13-18)12-15-6-2-1-3-7-15/h1-11,13,22H,12,14H2,(H,26,27). The molecule has 1 amide bonds. The van der Waals surface area contributed by atoms with Gasteiger partial charge >= 0.3 is 6.61 Å². The lowest BCUT2D eigenvalue weighted by atomic mass is 10.0. The van der Waals surface area contributed by atoms with Crippen LogP contribution >= 0.6 is 11.6 Å². The number of anilines is 1. The second-order valence-corrected chi connectivity index (χ2v) is 6.59. The van der Waals surface area contributed by atoms with Crippen LogP contribution < -0.4 is 10.1 Å². The Morgan fingerprint density at radius 2 is 1.68 bits per heavy atom. The molecule has 0 saturated heterocycles. The normalized spacial score (nSPS) is 10.7. The van der Waals surface area contributed by atoms with Crippen molar-refractivity contribution >= 4 is 23.2 Å². The van der Waals surface area contributed by atoms with E-state index in [1.54, 1.807) is 24.3 Å². The molecule has 0 unspecified atom stereocenters. The average molecular weight is 402 g/mol. The molecule has 0 aliphatic heterocycles. The van der Waals surface area contributed by atoms with Gasteiger partial charge < -0.3 is 10.1 Å². The third-order valence-corrected chi connectivity index (χ3v) is 4.48. The summed E-state index contributed by atoms with van der Waals surface area (Å²) in [4.78, 5) is 12.3. The minimum atomic E-state index is -2.92. The fourth-order valence-corrected chi connectivity index (χ4v) is 3.04. The molecule has 3 aromatic carbocycles. The highest BCUT2D eigenvalue weighted by molar-refractivity contribution is 6.31. The van der Waals surface area contributed by atoms with Crippen LogP contribution in [0, 0.1) is 0 Å². The van der Waals surface area contributed by atoms with Crippen molar-refractivity contribution in [3.63, 3.8) is 0 Å². The summed E-state index contributed by atoms with van der Waals surface area (Å²) in [5.74, 6) is -0.163. The molecule has 0 radical (unpaired) electrons. The van der Waals surface area contributed by atoms with E-state index >= 15 is 0 Å². The molecule has 0 saturated carbocycles. The Labute approximate surface area is 166 Å². The van der Waals surface area contributed by atoms with E-state index in [9.17, 15) is 13.6 Å². The largest absolute Gasteiger partial charge is 0.435 e. The molecule has 0 bridgehead atoms. The van der Waals surface area contributed by atoms with Crippen molar-refractivity contribution in [3.8, 4) is 5.75 Å². The van der Waals surface area contributed by atoms with Gasteiger partial charge in [-0.25, -0.2) is 0 Å². The quantitative estimate of drug-likeness (QED) is 0.550. The van der Waals surface area contributed by atoms with Gasteiger partial charge in [0.05, 0.1) is 6.42 Å². The van der Waals surface area contributed by atoms with Crippen LogP contribution in [0.2, 0.25) is 5.02 Å². The summed E-state index contributed by atoms with van der Waals surface area (Å²) < 4.78 is 30.1. The van der Waals surface area contributed by atoms with Crippen LogP contribution in [0.15, 0.2) is 72.8 Å². The molecule has 0 atom stereocenters. The van der Waals surface area contributed by atoms with E-state index in [4.69, 9.17) is 11.6 Å². The second kappa shape index (κ2) is 9.33. The molecular weight excluding hydrogens is 384 g/mol. The van der Waals surface area contributed by atoms with Crippen molar-refractivity contribution in [2.75, 3.05) is 5.32 Å². The number of amides is 1. The molecule has 6 heteroatoms. The molecular formula is C22H18ClF2NO2. The molecule has 0 spiro atoms. The summed E-state index contributed by atoms with van der Waals surface area (Å²) in [7, 11) is 0. The Hall–Kier alpha value is -2.92. The van der Waals surface area contributed by atoms with Crippen LogP contribution in [0.25, 0.3) is 0 Å². The first-order valence-electron chi connectivity index (χ1n) is 8.66. The van der Waals surface area contributed by atoms with Gasteiger partial charge in [0, 0.05) is 22.7 Å². The Morgan fingerprint density at radius 1 is 0.964 bits per heavy atom. The van der Waals surface area contributed by atoms with Crippen molar-refractivity contribution in [2.24, 2.45) is 0 Å². The van der Waals surface area contributed by atoms with E-state index < -0.39 is 6.61 Å². The van der Waals surface area contributed by atoms with Crippen molar-refractivity contribution in [3.05, 3.63) is 94.5 Å². The molecule has 3 nitrogen and oxygen atoms in total. The minimum Gasteiger partial charge on any atom is -0.435 e. The van der Waals surface area contributed by atoms with Gasteiger partial charge in [-0.05, 0) is 35.4 Å². The van der Waals surface area contributed by atoms with Crippen LogP contribution in [0.4, 0.5) is 14.5 Å². The van der Waals surface area contributed by atoms with Gasteiger partial charge in [0.1, 0.15) is 5.75 Å². The highest BCUT2D eigenvalue weighted by Crippen LogP contribution is 2.27. The van der Waals surface area contributed by atoms with Crippen LogP contribution in [-0.4, -0.2) is 12.5 Å². The Morgan fingerprint density at radius 3 is 2.39 bits per heavy atom. The second-order valence-electron chi connectivity index (χ2n) is 6.18. The van der Waals surface area contributed by atoms with E-state index in [1.165, 1.54) is 12.1 Å². The topological polar surface area (TPSA) is 38.3 Å². The summed E-state index contributed by atoms with van der Waals surface area (Å²) in [5, 5.41) is 3.30. The van der Waals surface area contributed by atoms with Crippen LogP contribution in [-0.2, 0) is 17.6 Å². The average Bonchev–Trinajstić information content (AvgIpc) is 2.66. The summed E-state index contributed by atoms with van der Waals surface area (Å²) in [6.45, 7) is -2.92. The summed E-state index contributed by atoms with van der Waals surface area (Å²) >= 11 is 6.09. The maximum absolute atomic E-state index is 12.7. The number of rotatable bonds is 7. The smallest absolute Gasteiger partial charge is 0.387 e. The lowest BCUT2D eigenvalue weighted by Gasteiger charge is -2.14. The Balaban J connectivity index is 1.78. The van der Waals surface area contributed by atoms with Crippen molar-refractivity contribution < 1.29 is 18.3 Å². The molecule has 0 aliphatic rings. The fraction of sp³-hybridized carbons (Fsp3) is 0.136. The van der Waals surface area contributed by atoms with Gasteiger partial charge in [-0.1, -0.05) is 60.1 Å². The predicted octanol–water partition coefficient (Wildman–Crippen LogP) is 5.71. The molecule has 0 aliphatic carbocycles. The van der Waals surface area contributed by atoms with Crippen molar-refractivity contribution in [1.29, 1.82) is 0 Å². The third-order valence-electron chi connectivity index (χ3n) is 4.11. The third kappa shape index (κ3) is 5.54. The Bertz CT molecular complexity index is 948. The van der Waals surface area contributed by atoms with Crippen molar-refractivity contribution in [1.82, 2.24) is 0 Å². The van der Waals surface area contributed by atoms with Crippen LogP contribution in [0.5, 0.6) is 5.75 Å². The SMILES string of the molecule is O=C(Cc1ccccc1Cl)Nc1ccc(OC(F)F)c(Cc2ccccc2)c1. The molecule has 0 heterocycles. The Kier molecular flexibility index (Phi) is 6.61. The van der Waals surface area contributed by atoms with Gasteiger partial charge in [0.2, 0.25) is 5.91 Å². The number of hydrogen-bond acceptors (Lipinski definition) is 2. The first-order chi connectivity index (χ1) is 13.5. The summed E-state index contributed by atoms with van der Waals surface area (Å²) in [6.07, 6.45) is 0.514. The molecule has 0 fully saturated rings. The van der Waals surface area contributed by atoms with Gasteiger partial charge in [-0.15, -0.1) is 0 Å². The zero-order valence-corrected chi connectivity index (χ0v) is 15.6. The number of carbonyl (C=O) groups excluding carboxylic acids is 1. The number of carbonyl (C=O) groups is 1. The molecule has 3 rings (SSSR count). The van der Waals surface area contributed by atoms with Crippen molar-refractivity contribution in [2.45, 2.75) is 19.5 Å². The summed E-state index contributed by atoms with van der Waals surface area (Å²) in [6, 6.07) is 21.2. The zero-order chi connectivity index (χ0) is 19.9. The first-order valence-corrected chi connectivity index (χ1v) is 9.04. The number of hydrogen-bond donors (Lipinski definition) is 1. The monoisotopic (exact) mass is 401 g/mol. The maximum Gasteiger partial charge on any atom is 0.387 e. The molecule has 1 N–H and O–H groups in total. The highest BCUT2D eigenvalue weighted by Gasteiger charge is 2.13. The molecule has 0 aromatic heterocycles. The van der Waals surface area contributed by atoms with Gasteiger partial charge in [0.15, 0.2) is 0 Å². The lowest BCUT2D eigenvalue weighted by Crippen LogP contribution is -2.15. The zero-order valence-electron chi connectivity index (χ0n) is 14.9. The summed E-state index contributed by atoms with van der Waals surface area (Å²) in [5.41, 5.74) is 2.72. The van der Waals surface area contributed by atoms with Gasteiger partial charge in [0.25, 0.3) is 0 Å². The highest BCUT2D eigenvalue weighted by atomic mass is 35.5. The van der Waals surface area contributed by atoms with Crippen LogP contribution in [0.1, 0.15) is 16.7 Å². The van der Waals surface area contributed by atoms with E-state index in [0.717, 1.165) is 5.56 Å². The van der Waals surface area contributed by atoms with Crippen LogP contribution in [0.3, 0.4) is 0 Å². The van der Waals surface area contributed by atoms with Gasteiger partial charge in [-0.3, -0.25) is 4.79 Å².